The van der Waals surface area contributed by atoms with Gasteiger partial charge >= 0.3 is 5.95 Å². The molecule has 82 valence electrons. The van der Waals surface area contributed by atoms with Crippen LogP contribution in [0.25, 0.3) is 0 Å². The fourth-order valence-corrected chi connectivity index (χ4v) is 1.40. The molecule has 1 fully saturated rings. The topological polar surface area (TPSA) is 95.1 Å². The van der Waals surface area contributed by atoms with Crippen molar-refractivity contribution < 1.29 is 9.66 Å². The summed E-state index contributed by atoms with van der Waals surface area (Å²) >= 11 is 0. The highest BCUT2D eigenvalue weighted by atomic mass is 16.6. The van der Waals surface area contributed by atoms with Crippen LogP contribution in [0.5, 0.6) is 0 Å². The Bertz CT molecular complexity index is 346. The van der Waals surface area contributed by atoms with Crippen molar-refractivity contribution >= 4 is 5.95 Å². The smallest absolute Gasteiger partial charge is 0.390 e. The lowest BCUT2D eigenvalue weighted by atomic mass is 10.3. The van der Waals surface area contributed by atoms with Gasteiger partial charge in [-0.2, -0.15) is 4.68 Å². The molecule has 1 saturated heterocycles. The number of nitro groups is 1. The van der Waals surface area contributed by atoms with Crippen molar-refractivity contribution in [3.63, 3.8) is 0 Å². The molecule has 1 aromatic rings. The number of aromatic nitrogens is 3. The van der Waals surface area contributed by atoms with Gasteiger partial charge in [-0.15, -0.1) is 0 Å². The molecule has 8 heteroatoms. The van der Waals surface area contributed by atoms with Crippen molar-refractivity contribution in [1.29, 1.82) is 0 Å². The van der Waals surface area contributed by atoms with E-state index in [-0.39, 0.29) is 12.1 Å². The normalized spacial score (nSPS) is 21.5. The Morgan fingerprint density at radius 3 is 3.27 bits per heavy atom. The zero-order valence-corrected chi connectivity index (χ0v) is 8.00. The second kappa shape index (κ2) is 4.32. The van der Waals surface area contributed by atoms with Crippen molar-refractivity contribution in [3.05, 3.63) is 16.4 Å². The Morgan fingerprint density at radius 2 is 2.67 bits per heavy atom. The largest absolute Gasteiger partial charge is 0.490 e. The molecular weight excluding hydrogens is 202 g/mol. The molecule has 0 aromatic carbocycles. The lowest BCUT2D eigenvalue weighted by Crippen LogP contribution is -2.40. The van der Waals surface area contributed by atoms with E-state index in [0.29, 0.717) is 13.2 Å². The SMILES string of the molecule is O=[N+]([O-])c1ncn(CC2CNCCO2)n1. The molecule has 1 aromatic heterocycles. The summed E-state index contributed by atoms with van der Waals surface area (Å²) in [5, 5.41) is 17.2. The quantitative estimate of drug-likeness (QED) is 0.520. The van der Waals surface area contributed by atoms with Gasteiger partial charge in [-0.25, -0.2) is 0 Å². The summed E-state index contributed by atoms with van der Waals surface area (Å²) in [6.45, 7) is 2.71. The predicted molar refractivity (Wildman–Crippen MR) is 49.3 cm³/mol. The van der Waals surface area contributed by atoms with Crippen LogP contribution in [0.2, 0.25) is 0 Å². The van der Waals surface area contributed by atoms with Crippen molar-refractivity contribution in [3.8, 4) is 0 Å². The first-order valence-corrected chi connectivity index (χ1v) is 4.62. The molecule has 1 N–H and O–H groups in total. The maximum atomic E-state index is 10.3. The van der Waals surface area contributed by atoms with Crippen molar-refractivity contribution in [2.24, 2.45) is 0 Å². The maximum absolute atomic E-state index is 10.3. The highest BCUT2D eigenvalue weighted by molar-refractivity contribution is 4.97. The fraction of sp³-hybridized carbons (Fsp3) is 0.714. The molecule has 0 aliphatic carbocycles. The summed E-state index contributed by atoms with van der Waals surface area (Å²) in [4.78, 5) is 13.3. The van der Waals surface area contributed by atoms with Crippen LogP contribution in [0, 0.1) is 10.1 Å². The van der Waals surface area contributed by atoms with Crippen LogP contribution in [0.4, 0.5) is 5.95 Å². The van der Waals surface area contributed by atoms with Gasteiger partial charge in [-0.1, -0.05) is 4.98 Å². The lowest BCUT2D eigenvalue weighted by Gasteiger charge is -2.22. The second-order valence-electron chi connectivity index (χ2n) is 3.22. The van der Waals surface area contributed by atoms with E-state index in [1.807, 2.05) is 0 Å². The van der Waals surface area contributed by atoms with Crippen LogP contribution in [-0.4, -0.2) is 45.5 Å². The monoisotopic (exact) mass is 213 g/mol. The van der Waals surface area contributed by atoms with E-state index in [1.54, 1.807) is 0 Å². The summed E-state index contributed by atoms with van der Waals surface area (Å²) in [5.41, 5.74) is 0. The average Bonchev–Trinajstić information content (AvgIpc) is 2.68. The Balaban J connectivity index is 1.94. The fourth-order valence-electron chi connectivity index (χ4n) is 1.40. The summed E-state index contributed by atoms with van der Waals surface area (Å²) in [6, 6.07) is 0. The third-order valence-corrected chi connectivity index (χ3v) is 2.08. The van der Waals surface area contributed by atoms with Gasteiger partial charge in [0.25, 0.3) is 0 Å². The van der Waals surface area contributed by atoms with E-state index < -0.39 is 4.92 Å². The first kappa shape index (κ1) is 9.99. The highest BCUT2D eigenvalue weighted by Gasteiger charge is 2.18. The van der Waals surface area contributed by atoms with Crippen molar-refractivity contribution in [2.75, 3.05) is 19.7 Å². The molecule has 1 atom stereocenters. The van der Waals surface area contributed by atoms with E-state index in [1.165, 1.54) is 11.0 Å². The molecule has 0 radical (unpaired) electrons. The van der Waals surface area contributed by atoms with Gasteiger partial charge in [0.05, 0.1) is 19.3 Å². The Kier molecular flexibility index (Phi) is 2.88. The van der Waals surface area contributed by atoms with Gasteiger partial charge in [0.1, 0.15) is 0 Å². The maximum Gasteiger partial charge on any atom is 0.490 e. The van der Waals surface area contributed by atoms with E-state index in [9.17, 15) is 10.1 Å². The van der Waals surface area contributed by atoms with Gasteiger partial charge in [-0.05, 0) is 4.92 Å². The van der Waals surface area contributed by atoms with Gasteiger partial charge in [-0.3, -0.25) is 0 Å². The number of morpholine rings is 1. The zero-order chi connectivity index (χ0) is 10.7. The minimum absolute atomic E-state index is 0.0000501. The summed E-state index contributed by atoms with van der Waals surface area (Å²) in [7, 11) is 0. The van der Waals surface area contributed by atoms with Gasteiger partial charge < -0.3 is 20.2 Å². The van der Waals surface area contributed by atoms with E-state index >= 15 is 0 Å². The molecule has 0 spiro atoms. The standard InChI is InChI=1S/C7H11N5O3/c13-12(14)7-9-5-11(10-7)4-6-3-8-1-2-15-6/h5-6,8H,1-4H2. The molecule has 2 heterocycles. The summed E-state index contributed by atoms with van der Waals surface area (Å²) in [5.74, 6) is -0.376. The third-order valence-electron chi connectivity index (χ3n) is 2.08. The van der Waals surface area contributed by atoms with E-state index in [4.69, 9.17) is 4.74 Å². The highest BCUT2D eigenvalue weighted by Crippen LogP contribution is 2.03. The number of hydrogen-bond acceptors (Lipinski definition) is 6. The summed E-state index contributed by atoms with van der Waals surface area (Å²) < 4.78 is 6.86. The molecular formula is C7H11N5O3. The van der Waals surface area contributed by atoms with Crippen LogP contribution >= 0.6 is 0 Å². The zero-order valence-electron chi connectivity index (χ0n) is 8.00. The number of nitrogens with one attached hydrogen (secondary N) is 1. The molecule has 2 rings (SSSR count). The van der Waals surface area contributed by atoms with Gasteiger partial charge in [0.2, 0.25) is 6.33 Å². The minimum atomic E-state index is -0.615. The first-order chi connectivity index (χ1) is 7.25. The lowest BCUT2D eigenvalue weighted by molar-refractivity contribution is -0.394. The molecule has 1 aliphatic heterocycles. The Hall–Kier alpha value is -1.54. The van der Waals surface area contributed by atoms with Crippen molar-refractivity contribution in [1.82, 2.24) is 20.1 Å². The molecule has 8 nitrogen and oxygen atoms in total. The second-order valence-corrected chi connectivity index (χ2v) is 3.22. The number of rotatable bonds is 3. The van der Waals surface area contributed by atoms with E-state index in [0.717, 1.165) is 13.1 Å². The first-order valence-electron chi connectivity index (χ1n) is 4.62. The molecule has 15 heavy (non-hydrogen) atoms. The van der Waals surface area contributed by atoms with Gasteiger partial charge in [0.15, 0.2) is 0 Å². The molecule has 1 unspecified atom stereocenters. The molecule has 1 aliphatic rings. The third kappa shape index (κ3) is 2.48. The van der Waals surface area contributed by atoms with Crippen LogP contribution < -0.4 is 5.32 Å². The van der Waals surface area contributed by atoms with E-state index in [2.05, 4.69) is 15.4 Å². The Labute approximate surface area is 85.4 Å². The number of hydrogen-bond donors (Lipinski definition) is 1. The molecule has 0 saturated carbocycles. The number of ether oxygens (including phenoxy) is 1. The average molecular weight is 213 g/mol. The van der Waals surface area contributed by atoms with Crippen LogP contribution in [0.1, 0.15) is 0 Å². The van der Waals surface area contributed by atoms with Crippen LogP contribution in [0.15, 0.2) is 6.33 Å². The number of nitrogens with zero attached hydrogens (tertiary/aromatic N) is 4. The predicted octanol–water partition coefficient (Wildman–Crippen LogP) is -0.825. The van der Waals surface area contributed by atoms with Crippen LogP contribution in [0.3, 0.4) is 0 Å². The molecule has 0 amide bonds. The summed E-state index contributed by atoms with van der Waals surface area (Å²) in [6.07, 6.45) is 1.34. The minimum Gasteiger partial charge on any atom is -0.390 e. The van der Waals surface area contributed by atoms with Crippen LogP contribution in [-0.2, 0) is 11.3 Å². The Morgan fingerprint density at radius 1 is 1.80 bits per heavy atom. The van der Waals surface area contributed by atoms with Gasteiger partial charge in [0, 0.05) is 18.2 Å². The van der Waals surface area contributed by atoms with Crippen molar-refractivity contribution in [2.45, 2.75) is 12.6 Å². The molecule has 0 bridgehead atoms.